The zero-order chi connectivity index (χ0) is 18.8. The zero-order valence-corrected chi connectivity index (χ0v) is 14.6. The fourth-order valence-electron chi connectivity index (χ4n) is 2.49. The van der Waals surface area contributed by atoms with Gasteiger partial charge in [0, 0.05) is 33.3 Å². The van der Waals surface area contributed by atoms with Gasteiger partial charge < -0.3 is 20.5 Å². The van der Waals surface area contributed by atoms with Crippen LogP contribution in [0.1, 0.15) is 16.1 Å². The van der Waals surface area contributed by atoms with Crippen LogP contribution >= 0.6 is 23.2 Å². The van der Waals surface area contributed by atoms with Crippen molar-refractivity contribution in [3.63, 3.8) is 0 Å². The van der Waals surface area contributed by atoms with Crippen molar-refractivity contribution in [2.24, 2.45) is 0 Å². The maximum atomic E-state index is 12.1. The molecule has 0 spiro atoms. The molecule has 2 aromatic carbocycles. The van der Waals surface area contributed by atoms with Crippen LogP contribution in [0.3, 0.4) is 0 Å². The summed E-state index contributed by atoms with van der Waals surface area (Å²) in [5.41, 5.74) is 1.05. The second-order valence-electron chi connectivity index (χ2n) is 5.38. The number of carbonyl (C=O) groups excluding carboxylic acids is 1. The van der Waals surface area contributed by atoms with E-state index in [1.165, 1.54) is 42.5 Å². The van der Waals surface area contributed by atoms with Gasteiger partial charge in [-0.25, -0.2) is 4.79 Å². The van der Waals surface area contributed by atoms with Crippen LogP contribution in [0.5, 0.6) is 5.75 Å². The second-order valence-corrected chi connectivity index (χ2v) is 6.22. The van der Waals surface area contributed by atoms with Gasteiger partial charge in [-0.05, 0) is 30.3 Å². The molecule has 3 rings (SSSR count). The number of aromatic amines is 1. The maximum absolute atomic E-state index is 12.1. The molecule has 0 unspecified atom stereocenters. The number of nitrogens with one attached hydrogen (secondary N) is 2. The van der Waals surface area contributed by atoms with Crippen LogP contribution in [0.4, 0.5) is 5.69 Å². The van der Waals surface area contributed by atoms with Crippen molar-refractivity contribution in [3.8, 4) is 5.75 Å². The number of carboxylic acids is 1. The largest absolute Gasteiger partial charge is 0.872 e. The number of anilines is 1. The minimum Gasteiger partial charge on any atom is -0.872 e. The highest BCUT2D eigenvalue weighted by atomic mass is 35.5. The molecule has 0 atom stereocenters. The number of aromatic nitrogens is 1. The summed E-state index contributed by atoms with van der Waals surface area (Å²) in [4.78, 5) is 26.3. The predicted molar refractivity (Wildman–Crippen MR) is 98.8 cm³/mol. The molecule has 3 N–H and O–H groups in total. The lowest BCUT2D eigenvalue weighted by Gasteiger charge is -2.06. The lowest BCUT2D eigenvalue weighted by Crippen LogP contribution is -2.08. The van der Waals surface area contributed by atoms with Gasteiger partial charge in [0.1, 0.15) is 5.69 Å². The van der Waals surface area contributed by atoms with E-state index in [0.29, 0.717) is 21.6 Å². The number of hydrogen-bond donors (Lipinski definition) is 3. The first kappa shape index (κ1) is 17.8. The number of carbonyl (C=O) groups is 2. The van der Waals surface area contributed by atoms with Gasteiger partial charge in [-0.3, -0.25) is 4.79 Å². The van der Waals surface area contributed by atoms with Gasteiger partial charge in [0.25, 0.3) is 0 Å². The van der Waals surface area contributed by atoms with Crippen molar-refractivity contribution in [1.82, 2.24) is 4.98 Å². The molecule has 0 saturated heterocycles. The van der Waals surface area contributed by atoms with E-state index < -0.39 is 11.9 Å². The molecule has 1 amide bonds. The smallest absolute Gasteiger partial charge is 0.352 e. The van der Waals surface area contributed by atoms with Gasteiger partial charge in [-0.15, -0.1) is 5.75 Å². The highest BCUT2D eigenvalue weighted by Crippen LogP contribution is 2.33. The minimum absolute atomic E-state index is 0.107. The summed E-state index contributed by atoms with van der Waals surface area (Å²) in [7, 11) is 0. The number of H-pyrrole nitrogens is 1. The molecule has 0 aliphatic heterocycles. The minimum atomic E-state index is -1.19. The number of amides is 1. The molecule has 0 bridgehead atoms. The van der Waals surface area contributed by atoms with E-state index in [0.717, 1.165) is 0 Å². The molecule has 26 heavy (non-hydrogen) atoms. The Morgan fingerprint density at radius 2 is 1.85 bits per heavy atom. The summed E-state index contributed by atoms with van der Waals surface area (Å²) in [5, 5.41) is 24.1. The normalized spacial score (nSPS) is 11.2. The molecule has 0 aliphatic rings. The molecule has 6 nitrogen and oxygen atoms in total. The molecule has 8 heteroatoms. The Labute approximate surface area is 157 Å². The SMILES string of the molecule is O=C(/C=C/c1c(C(=O)O)[nH]c2cc(Cl)cc(Cl)c12)Nc1ccc([O-])cc1. The summed E-state index contributed by atoms with van der Waals surface area (Å²) in [6, 6.07) is 8.64. The van der Waals surface area contributed by atoms with Crippen molar-refractivity contribution in [1.29, 1.82) is 0 Å². The maximum Gasteiger partial charge on any atom is 0.352 e. The van der Waals surface area contributed by atoms with Crippen LogP contribution in [-0.4, -0.2) is 22.0 Å². The van der Waals surface area contributed by atoms with Gasteiger partial charge in [-0.2, -0.15) is 0 Å². The molecular formula is C18H11Cl2N2O4-. The average Bonchev–Trinajstić information content (AvgIpc) is 2.94. The quantitative estimate of drug-likeness (QED) is 0.588. The fourth-order valence-corrected chi connectivity index (χ4v) is 3.08. The van der Waals surface area contributed by atoms with E-state index in [-0.39, 0.29) is 22.0 Å². The van der Waals surface area contributed by atoms with E-state index >= 15 is 0 Å². The molecule has 3 aromatic rings. The van der Waals surface area contributed by atoms with Crippen molar-refractivity contribution in [3.05, 3.63) is 63.8 Å². The van der Waals surface area contributed by atoms with Crippen LogP contribution in [0.15, 0.2) is 42.5 Å². The van der Waals surface area contributed by atoms with E-state index in [2.05, 4.69) is 10.3 Å². The van der Waals surface area contributed by atoms with Crippen LogP contribution in [0.2, 0.25) is 10.0 Å². The van der Waals surface area contributed by atoms with Crippen molar-refractivity contribution in [2.75, 3.05) is 5.32 Å². The van der Waals surface area contributed by atoms with Gasteiger partial charge >= 0.3 is 5.97 Å². The number of fused-ring (bicyclic) bond motifs is 1. The lowest BCUT2D eigenvalue weighted by atomic mass is 10.1. The summed E-state index contributed by atoms with van der Waals surface area (Å²) in [6.45, 7) is 0. The number of aromatic carboxylic acids is 1. The predicted octanol–water partition coefficient (Wildman–Crippen LogP) is 3.90. The van der Waals surface area contributed by atoms with E-state index in [1.54, 1.807) is 6.07 Å². The Hall–Kier alpha value is -2.96. The molecule has 0 aliphatic carbocycles. The molecule has 0 radical (unpaired) electrons. The molecule has 0 fully saturated rings. The standard InChI is InChI=1S/C18H12Cl2N2O4/c19-9-7-13(20)16-12(17(18(25)26)22-14(16)8-9)5-6-15(24)21-10-1-3-11(23)4-2-10/h1-8,22-23H,(H,21,24)(H,25,26)/p-1/b6-5+. The van der Waals surface area contributed by atoms with Crippen LogP contribution in [0, 0.1) is 0 Å². The Bertz CT molecular complexity index is 1040. The summed E-state index contributed by atoms with van der Waals surface area (Å²) < 4.78 is 0. The second kappa shape index (κ2) is 7.11. The van der Waals surface area contributed by atoms with Gasteiger partial charge in [0.2, 0.25) is 5.91 Å². The van der Waals surface area contributed by atoms with E-state index in [9.17, 15) is 19.8 Å². The lowest BCUT2D eigenvalue weighted by molar-refractivity contribution is -0.268. The summed E-state index contributed by atoms with van der Waals surface area (Å²) in [6.07, 6.45) is 2.55. The van der Waals surface area contributed by atoms with Crippen LogP contribution in [-0.2, 0) is 4.79 Å². The summed E-state index contributed by atoms with van der Waals surface area (Å²) >= 11 is 12.1. The third-order valence-corrected chi connectivity index (χ3v) is 4.11. The molecule has 0 saturated carbocycles. The zero-order valence-electron chi connectivity index (χ0n) is 13.0. The topological polar surface area (TPSA) is 105 Å². The number of benzene rings is 2. The first-order valence-corrected chi connectivity index (χ1v) is 8.11. The Balaban J connectivity index is 1.95. The molecular weight excluding hydrogens is 379 g/mol. The molecule has 1 aromatic heterocycles. The van der Waals surface area contributed by atoms with Crippen LogP contribution < -0.4 is 10.4 Å². The monoisotopic (exact) mass is 389 g/mol. The van der Waals surface area contributed by atoms with Crippen molar-refractivity contribution < 1.29 is 19.8 Å². The third kappa shape index (κ3) is 3.66. The van der Waals surface area contributed by atoms with Crippen LogP contribution in [0.25, 0.3) is 17.0 Å². The number of hydrogen-bond acceptors (Lipinski definition) is 3. The van der Waals surface area contributed by atoms with Gasteiger partial charge in [-0.1, -0.05) is 35.3 Å². The first-order valence-electron chi connectivity index (χ1n) is 7.35. The van der Waals surface area contributed by atoms with Crippen molar-refractivity contribution >= 4 is 57.7 Å². The number of halogens is 2. The Morgan fingerprint density at radius 1 is 1.15 bits per heavy atom. The Morgan fingerprint density at radius 3 is 2.50 bits per heavy atom. The van der Waals surface area contributed by atoms with Gasteiger partial charge in [0.15, 0.2) is 0 Å². The fraction of sp³-hybridized carbons (Fsp3) is 0. The average molecular weight is 390 g/mol. The third-order valence-electron chi connectivity index (χ3n) is 3.59. The van der Waals surface area contributed by atoms with Crippen molar-refractivity contribution in [2.45, 2.75) is 0 Å². The van der Waals surface area contributed by atoms with E-state index in [1.807, 2.05) is 0 Å². The summed E-state index contributed by atoms with van der Waals surface area (Å²) in [5.74, 6) is -1.85. The Kier molecular flexibility index (Phi) is 4.88. The molecule has 1 heterocycles. The number of rotatable bonds is 4. The number of carboxylic acid groups (broad SMARTS) is 1. The van der Waals surface area contributed by atoms with E-state index in [4.69, 9.17) is 23.2 Å². The highest BCUT2D eigenvalue weighted by molar-refractivity contribution is 6.39. The van der Waals surface area contributed by atoms with Gasteiger partial charge in [0.05, 0.1) is 5.02 Å². The molecule has 132 valence electrons. The first-order chi connectivity index (χ1) is 12.3. The highest BCUT2D eigenvalue weighted by Gasteiger charge is 2.18.